The van der Waals surface area contributed by atoms with Crippen molar-refractivity contribution in [3.63, 3.8) is 0 Å². The van der Waals surface area contributed by atoms with E-state index < -0.39 is 13.0 Å². The molecule has 0 aliphatic heterocycles. The SMILES string of the molecule is CCCN(CC(F)F)C(=O)c1ccc(CN)cc1. The molecule has 0 radical (unpaired) electrons. The van der Waals surface area contributed by atoms with Crippen LogP contribution in [0.25, 0.3) is 0 Å². The molecule has 0 saturated heterocycles. The van der Waals surface area contributed by atoms with Crippen LogP contribution in [0.2, 0.25) is 0 Å². The second-order valence-electron chi connectivity index (χ2n) is 4.04. The van der Waals surface area contributed by atoms with Gasteiger partial charge < -0.3 is 10.6 Å². The molecule has 0 heterocycles. The van der Waals surface area contributed by atoms with E-state index >= 15 is 0 Å². The van der Waals surface area contributed by atoms with Gasteiger partial charge in [-0.2, -0.15) is 0 Å². The van der Waals surface area contributed by atoms with Crippen LogP contribution in [-0.4, -0.2) is 30.3 Å². The summed E-state index contributed by atoms with van der Waals surface area (Å²) in [4.78, 5) is 13.2. The van der Waals surface area contributed by atoms with Crippen LogP contribution in [0.1, 0.15) is 29.3 Å². The van der Waals surface area contributed by atoms with Gasteiger partial charge in [-0.3, -0.25) is 4.79 Å². The number of rotatable bonds is 6. The predicted molar refractivity (Wildman–Crippen MR) is 66.5 cm³/mol. The summed E-state index contributed by atoms with van der Waals surface area (Å²) in [7, 11) is 0. The molecular formula is C13H18F2N2O. The lowest BCUT2D eigenvalue weighted by atomic mass is 10.1. The number of nitrogens with two attached hydrogens (primary N) is 1. The molecule has 0 aliphatic carbocycles. The topological polar surface area (TPSA) is 46.3 Å². The van der Waals surface area contributed by atoms with Gasteiger partial charge in [-0.1, -0.05) is 19.1 Å². The standard InChI is InChI=1S/C13H18F2N2O/c1-2-7-17(9-12(14)15)13(18)11-5-3-10(8-16)4-6-11/h3-6,12H,2,7-9,16H2,1H3. The molecule has 3 nitrogen and oxygen atoms in total. The average Bonchev–Trinajstić information content (AvgIpc) is 2.37. The smallest absolute Gasteiger partial charge is 0.255 e. The first-order valence-electron chi connectivity index (χ1n) is 5.95. The zero-order chi connectivity index (χ0) is 13.5. The average molecular weight is 256 g/mol. The van der Waals surface area contributed by atoms with Crippen LogP contribution >= 0.6 is 0 Å². The van der Waals surface area contributed by atoms with E-state index in [1.165, 1.54) is 4.90 Å². The Morgan fingerprint density at radius 1 is 1.33 bits per heavy atom. The lowest BCUT2D eigenvalue weighted by molar-refractivity contribution is 0.0555. The highest BCUT2D eigenvalue weighted by Gasteiger charge is 2.18. The van der Waals surface area contributed by atoms with Crippen LogP contribution in [0.3, 0.4) is 0 Å². The van der Waals surface area contributed by atoms with Gasteiger partial charge in [0.2, 0.25) is 0 Å². The minimum atomic E-state index is -2.51. The van der Waals surface area contributed by atoms with Gasteiger partial charge in [0.1, 0.15) is 0 Å². The van der Waals surface area contributed by atoms with Crippen LogP contribution in [0, 0.1) is 0 Å². The van der Waals surface area contributed by atoms with E-state index in [9.17, 15) is 13.6 Å². The van der Waals surface area contributed by atoms with Crippen molar-refractivity contribution >= 4 is 5.91 Å². The molecule has 1 amide bonds. The fraction of sp³-hybridized carbons (Fsp3) is 0.462. The largest absolute Gasteiger partial charge is 0.333 e. The number of carbonyl (C=O) groups is 1. The van der Waals surface area contributed by atoms with Gasteiger partial charge in [0.25, 0.3) is 12.3 Å². The van der Waals surface area contributed by atoms with Crippen LogP contribution < -0.4 is 5.73 Å². The molecule has 1 rings (SSSR count). The van der Waals surface area contributed by atoms with Crippen molar-refractivity contribution in [3.8, 4) is 0 Å². The number of nitrogens with zero attached hydrogens (tertiary/aromatic N) is 1. The Hall–Kier alpha value is -1.49. The van der Waals surface area contributed by atoms with E-state index in [0.29, 0.717) is 25.1 Å². The Labute approximate surface area is 106 Å². The third-order valence-electron chi connectivity index (χ3n) is 2.58. The highest BCUT2D eigenvalue weighted by atomic mass is 19.3. The highest BCUT2D eigenvalue weighted by Crippen LogP contribution is 2.10. The summed E-state index contributed by atoms with van der Waals surface area (Å²) in [5.41, 5.74) is 6.78. The Morgan fingerprint density at radius 3 is 2.39 bits per heavy atom. The minimum Gasteiger partial charge on any atom is -0.333 e. The van der Waals surface area contributed by atoms with Crippen molar-refractivity contribution < 1.29 is 13.6 Å². The summed E-state index contributed by atoms with van der Waals surface area (Å²) in [6.07, 6.45) is -1.86. The van der Waals surface area contributed by atoms with E-state index in [1.54, 1.807) is 24.3 Å². The number of carbonyl (C=O) groups excluding carboxylic acids is 1. The van der Waals surface area contributed by atoms with E-state index in [2.05, 4.69) is 0 Å². The summed E-state index contributed by atoms with van der Waals surface area (Å²) < 4.78 is 24.8. The van der Waals surface area contributed by atoms with Crippen molar-refractivity contribution in [1.29, 1.82) is 0 Å². The van der Waals surface area contributed by atoms with E-state index in [4.69, 9.17) is 5.73 Å². The third kappa shape index (κ3) is 4.07. The second-order valence-corrected chi connectivity index (χ2v) is 4.04. The van der Waals surface area contributed by atoms with Gasteiger partial charge >= 0.3 is 0 Å². The molecule has 0 saturated carbocycles. The number of alkyl halides is 2. The molecule has 0 atom stereocenters. The van der Waals surface area contributed by atoms with Gasteiger partial charge in [-0.05, 0) is 24.1 Å². The van der Waals surface area contributed by atoms with Crippen molar-refractivity contribution in [2.24, 2.45) is 5.73 Å². The highest BCUT2D eigenvalue weighted by molar-refractivity contribution is 5.94. The monoisotopic (exact) mass is 256 g/mol. The van der Waals surface area contributed by atoms with Gasteiger partial charge in [0.05, 0.1) is 6.54 Å². The summed E-state index contributed by atoms with van der Waals surface area (Å²) in [6, 6.07) is 6.72. The molecule has 0 spiro atoms. The molecule has 18 heavy (non-hydrogen) atoms. The zero-order valence-corrected chi connectivity index (χ0v) is 10.4. The van der Waals surface area contributed by atoms with Gasteiger partial charge in [0.15, 0.2) is 0 Å². The first kappa shape index (κ1) is 14.6. The lowest BCUT2D eigenvalue weighted by Gasteiger charge is -2.21. The van der Waals surface area contributed by atoms with Crippen LogP contribution in [0.5, 0.6) is 0 Å². The number of hydrogen-bond donors (Lipinski definition) is 1. The number of hydrogen-bond acceptors (Lipinski definition) is 2. The fourth-order valence-corrected chi connectivity index (χ4v) is 1.68. The maximum atomic E-state index is 12.4. The molecular weight excluding hydrogens is 238 g/mol. The van der Waals surface area contributed by atoms with Crippen molar-refractivity contribution in [1.82, 2.24) is 4.90 Å². The molecule has 0 fully saturated rings. The maximum Gasteiger partial charge on any atom is 0.255 e. The summed E-state index contributed by atoms with van der Waals surface area (Å²) in [5, 5.41) is 0. The predicted octanol–water partition coefficient (Wildman–Crippen LogP) is 2.26. The molecule has 5 heteroatoms. The van der Waals surface area contributed by atoms with E-state index in [-0.39, 0.29) is 5.91 Å². The number of amides is 1. The second kappa shape index (κ2) is 7.06. The van der Waals surface area contributed by atoms with Crippen LogP contribution in [0.4, 0.5) is 8.78 Å². The fourth-order valence-electron chi connectivity index (χ4n) is 1.68. The lowest BCUT2D eigenvalue weighted by Crippen LogP contribution is -2.35. The first-order chi connectivity index (χ1) is 8.58. The van der Waals surface area contributed by atoms with Crippen LogP contribution in [-0.2, 0) is 6.54 Å². The Morgan fingerprint density at radius 2 is 1.94 bits per heavy atom. The van der Waals surface area contributed by atoms with Crippen molar-refractivity contribution in [2.45, 2.75) is 26.3 Å². The van der Waals surface area contributed by atoms with Crippen LogP contribution in [0.15, 0.2) is 24.3 Å². The van der Waals surface area contributed by atoms with Crippen molar-refractivity contribution in [2.75, 3.05) is 13.1 Å². The maximum absolute atomic E-state index is 12.4. The molecule has 100 valence electrons. The number of benzene rings is 1. The first-order valence-corrected chi connectivity index (χ1v) is 5.95. The van der Waals surface area contributed by atoms with E-state index in [1.807, 2.05) is 6.92 Å². The number of halogens is 2. The molecule has 1 aromatic rings. The summed E-state index contributed by atoms with van der Waals surface area (Å²) in [6.45, 7) is 2.06. The van der Waals surface area contributed by atoms with Gasteiger partial charge in [0, 0.05) is 18.7 Å². The molecule has 2 N–H and O–H groups in total. The molecule has 0 aromatic heterocycles. The molecule has 0 bridgehead atoms. The Balaban J connectivity index is 2.80. The quantitative estimate of drug-likeness (QED) is 0.848. The van der Waals surface area contributed by atoms with Crippen molar-refractivity contribution in [3.05, 3.63) is 35.4 Å². The zero-order valence-electron chi connectivity index (χ0n) is 10.4. The molecule has 0 unspecified atom stereocenters. The Bertz CT molecular complexity index is 379. The normalized spacial score (nSPS) is 10.7. The molecule has 1 aromatic carbocycles. The minimum absolute atomic E-state index is 0.335. The summed E-state index contributed by atoms with van der Waals surface area (Å²) in [5.74, 6) is -0.360. The van der Waals surface area contributed by atoms with Gasteiger partial charge in [-0.25, -0.2) is 8.78 Å². The molecule has 0 aliphatic rings. The third-order valence-corrected chi connectivity index (χ3v) is 2.58. The summed E-state index contributed by atoms with van der Waals surface area (Å²) >= 11 is 0. The van der Waals surface area contributed by atoms with E-state index in [0.717, 1.165) is 5.56 Å². The van der Waals surface area contributed by atoms with Gasteiger partial charge in [-0.15, -0.1) is 0 Å². The Kier molecular flexibility index (Phi) is 5.71.